The predicted molar refractivity (Wildman–Crippen MR) is 141 cm³/mol. The van der Waals surface area contributed by atoms with Gasteiger partial charge in [0.05, 0.1) is 5.25 Å². The van der Waals surface area contributed by atoms with Crippen LogP contribution in [0.25, 0.3) is 12.2 Å². The molecule has 2 atom stereocenters. The fraction of sp³-hybridized carbons (Fsp3) is 0.484. The van der Waals surface area contributed by atoms with E-state index in [1.54, 1.807) is 44.5 Å². The van der Waals surface area contributed by atoms with Gasteiger partial charge in [0.2, 0.25) is 0 Å². The summed E-state index contributed by atoms with van der Waals surface area (Å²) in [7, 11) is 0. The molecule has 0 amide bonds. The van der Waals surface area contributed by atoms with Crippen LogP contribution in [-0.4, -0.2) is 5.75 Å². The summed E-state index contributed by atoms with van der Waals surface area (Å²) < 4.78 is 0. The number of benzene rings is 2. The van der Waals surface area contributed by atoms with Crippen molar-refractivity contribution in [3.8, 4) is 0 Å². The first-order chi connectivity index (χ1) is 15.7. The number of thioether (sulfide) groups is 1. The van der Waals surface area contributed by atoms with E-state index in [1.165, 1.54) is 57.1 Å². The van der Waals surface area contributed by atoms with Crippen molar-refractivity contribution in [1.29, 1.82) is 0 Å². The molecule has 2 aromatic carbocycles. The molecular weight excluding hydrogens is 404 g/mol. The lowest BCUT2D eigenvalue weighted by Gasteiger charge is -2.17. The molecule has 0 spiro atoms. The van der Waals surface area contributed by atoms with E-state index in [4.69, 9.17) is 0 Å². The standard InChI is InChI=1S/C31H36S/c1-20-18-29-25(22-13-14-22)9-6-11-27(29)24(20)8-4-3-5-17-32-31-21(2)19-30-26(23-15-16-23)10-7-12-28(30)31/h6-7,9-12,18-19,22-24,31H,3-5,8,13-17H2,1-2H3. The number of rotatable bonds is 9. The topological polar surface area (TPSA) is 0 Å². The number of hydrogen-bond acceptors (Lipinski definition) is 1. The van der Waals surface area contributed by atoms with Crippen LogP contribution >= 0.6 is 11.8 Å². The quantitative estimate of drug-likeness (QED) is 0.350. The van der Waals surface area contributed by atoms with Crippen LogP contribution < -0.4 is 0 Å². The van der Waals surface area contributed by atoms with Gasteiger partial charge in [-0.25, -0.2) is 0 Å². The number of unbranched alkanes of at least 4 members (excludes halogenated alkanes) is 2. The summed E-state index contributed by atoms with van der Waals surface area (Å²) in [6.07, 6.45) is 16.0. The third-order valence-corrected chi connectivity index (χ3v) is 9.65. The van der Waals surface area contributed by atoms with Crippen molar-refractivity contribution in [3.63, 3.8) is 0 Å². The van der Waals surface area contributed by atoms with Gasteiger partial charge in [-0.2, -0.15) is 0 Å². The molecule has 2 fully saturated rings. The molecule has 0 bridgehead atoms. The van der Waals surface area contributed by atoms with Gasteiger partial charge in [-0.1, -0.05) is 72.5 Å². The Morgan fingerprint density at radius 1 is 0.688 bits per heavy atom. The molecule has 0 aliphatic heterocycles. The molecule has 0 radical (unpaired) electrons. The van der Waals surface area contributed by atoms with Gasteiger partial charge < -0.3 is 0 Å². The van der Waals surface area contributed by atoms with Gasteiger partial charge in [-0.15, -0.1) is 11.8 Å². The van der Waals surface area contributed by atoms with Crippen LogP contribution in [0.15, 0.2) is 47.5 Å². The maximum atomic E-state index is 2.51. The van der Waals surface area contributed by atoms with Gasteiger partial charge in [-0.05, 0) is 103 Å². The van der Waals surface area contributed by atoms with E-state index < -0.39 is 0 Å². The van der Waals surface area contributed by atoms with Crippen LogP contribution in [0.5, 0.6) is 0 Å². The zero-order valence-corrected chi connectivity index (χ0v) is 20.5. The Bertz CT molecular complexity index is 992. The molecule has 6 rings (SSSR count). The molecular formula is C31H36S. The Morgan fingerprint density at radius 2 is 1.28 bits per heavy atom. The maximum Gasteiger partial charge on any atom is 0.0513 e. The number of hydrogen-bond donors (Lipinski definition) is 0. The predicted octanol–water partition coefficient (Wildman–Crippen LogP) is 9.39. The molecule has 32 heavy (non-hydrogen) atoms. The van der Waals surface area contributed by atoms with Crippen molar-refractivity contribution in [2.75, 3.05) is 5.75 Å². The first kappa shape index (κ1) is 20.8. The van der Waals surface area contributed by atoms with Crippen molar-refractivity contribution in [3.05, 3.63) is 80.9 Å². The first-order valence-corrected chi connectivity index (χ1v) is 14.0. The molecule has 2 unspecified atom stereocenters. The highest BCUT2D eigenvalue weighted by Gasteiger charge is 2.32. The summed E-state index contributed by atoms with van der Waals surface area (Å²) in [5.41, 5.74) is 12.8. The van der Waals surface area contributed by atoms with E-state index in [9.17, 15) is 0 Å². The van der Waals surface area contributed by atoms with Gasteiger partial charge in [0.1, 0.15) is 0 Å². The van der Waals surface area contributed by atoms with E-state index >= 15 is 0 Å². The molecule has 2 aromatic rings. The summed E-state index contributed by atoms with van der Waals surface area (Å²) in [6, 6.07) is 14.2. The SMILES string of the molecule is CC1=Cc2c(C3CC3)cccc2C1CCCCCSC1C(C)=Cc2c(C3CC3)cccc21. The Balaban J connectivity index is 1.00. The van der Waals surface area contributed by atoms with Crippen LogP contribution in [0, 0.1) is 0 Å². The van der Waals surface area contributed by atoms with Crippen LogP contribution in [-0.2, 0) is 0 Å². The van der Waals surface area contributed by atoms with Crippen LogP contribution in [0.4, 0.5) is 0 Å². The summed E-state index contributed by atoms with van der Waals surface area (Å²) in [4.78, 5) is 0. The first-order valence-electron chi connectivity index (χ1n) is 12.9. The van der Waals surface area contributed by atoms with Gasteiger partial charge >= 0.3 is 0 Å². The molecule has 0 N–H and O–H groups in total. The fourth-order valence-electron chi connectivity index (χ4n) is 6.12. The molecule has 0 saturated heterocycles. The Hall–Kier alpha value is -1.73. The molecule has 0 nitrogen and oxygen atoms in total. The Labute approximate surface area is 198 Å². The lowest BCUT2D eigenvalue weighted by atomic mass is 9.89. The van der Waals surface area contributed by atoms with Gasteiger partial charge in [0, 0.05) is 5.92 Å². The van der Waals surface area contributed by atoms with Crippen LogP contribution in [0.2, 0.25) is 0 Å². The molecule has 4 aliphatic carbocycles. The lowest BCUT2D eigenvalue weighted by Crippen LogP contribution is -1.99. The minimum absolute atomic E-state index is 0.594. The largest absolute Gasteiger partial charge is 0.149 e. The third kappa shape index (κ3) is 3.92. The minimum atomic E-state index is 0.594. The molecule has 2 saturated carbocycles. The second kappa shape index (κ2) is 8.56. The van der Waals surface area contributed by atoms with E-state index in [0.29, 0.717) is 11.2 Å². The summed E-state index contributed by atoms with van der Waals surface area (Å²) >= 11 is 2.18. The average molecular weight is 441 g/mol. The van der Waals surface area contributed by atoms with E-state index in [1.807, 2.05) is 0 Å². The van der Waals surface area contributed by atoms with E-state index in [0.717, 1.165) is 11.8 Å². The second-order valence-corrected chi connectivity index (χ2v) is 11.9. The number of fused-ring (bicyclic) bond motifs is 2. The zero-order valence-electron chi connectivity index (χ0n) is 19.7. The zero-order chi connectivity index (χ0) is 21.7. The van der Waals surface area contributed by atoms with Crippen molar-refractivity contribution < 1.29 is 0 Å². The van der Waals surface area contributed by atoms with E-state index in [2.05, 4.69) is 74.2 Å². The summed E-state index contributed by atoms with van der Waals surface area (Å²) in [5.74, 6) is 3.65. The minimum Gasteiger partial charge on any atom is -0.149 e. The van der Waals surface area contributed by atoms with Crippen molar-refractivity contribution >= 4 is 23.9 Å². The van der Waals surface area contributed by atoms with Gasteiger partial charge in [-0.3, -0.25) is 0 Å². The molecule has 1 heteroatoms. The smallest absolute Gasteiger partial charge is 0.0513 e. The van der Waals surface area contributed by atoms with Crippen LogP contribution in [0.3, 0.4) is 0 Å². The highest BCUT2D eigenvalue weighted by atomic mass is 32.2. The second-order valence-electron chi connectivity index (χ2n) is 10.7. The van der Waals surface area contributed by atoms with Crippen LogP contribution in [0.1, 0.15) is 122 Å². The van der Waals surface area contributed by atoms with Gasteiger partial charge in [0.15, 0.2) is 0 Å². The molecule has 4 aliphatic rings. The fourth-order valence-corrected chi connectivity index (χ4v) is 7.45. The Morgan fingerprint density at radius 3 is 1.97 bits per heavy atom. The highest BCUT2D eigenvalue weighted by molar-refractivity contribution is 7.99. The third-order valence-electron chi connectivity index (χ3n) is 8.17. The van der Waals surface area contributed by atoms with Crippen molar-refractivity contribution in [1.82, 2.24) is 0 Å². The average Bonchev–Trinajstić information content (AvgIpc) is 3.71. The van der Waals surface area contributed by atoms with E-state index in [-0.39, 0.29) is 0 Å². The maximum absolute atomic E-state index is 2.51. The number of allylic oxidation sites excluding steroid dienone is 1. The lowest BCUT2D eigenvalue weighted by molar-refractivity contribution is 0.620. The van der Waals surface area contributed by atoms with Crippen molar-refractivity contribution in [2.45, 2.75) is 88.2 Å². The summed E-state index contributed by atoms with van der Waals surface area (Å²) in [5, 5.41) is 0.594. The molecule has 0 heterocycles. The van der Waals surface area contributed by atoms with Gasteiger partial charge in [0.25, 0.3) is 0 Å². The summed E-state index contributed by atoms with van der Waals surface area (Å²) in [6.45, 7) is 4.70. The molecule has 166 valence electrons. The highest BCUT2D eigenvalue weighted by Crippen LogP contribution is 2.50. The Kier molecular flexibility index (Phi) is 5.58. The monoisotopic (exact) mass is 440 g/mol. The normalized spacial score (nSPS) is 23.7. The molecule has 0 aromatic heterocycles. The van der Waals surface area contributed by atoms with Crippen molar-refractivity contribution in [2.24, 2.45) is 0 Å².